The second kappa shape index (κ2) is 6.01. The Bertz CT molecular complexity index is 507. The van der Waals surface area contributed by atoms with E-state index in [9.17, 15) is 4.79 Å². The summed E-state index contributed by atoms with van der Waals surface area (Å²) in [5.74, 6) is 0. The van der Waals surface area contributed by atoms with E-state index in [1.54, 1.807) is 12.3 Å². The van der Waals surface area contributed by atoms with Crippen molar-refractivity contribution < 1.29 is 12.5 Å². The van der Waals surface area contributed by atoms with Crippen molar-refractivity contribution >= 4 is 32.0 Å². The Balaban J connectivity index is 0.000000337. The van der Waals surface area contributed by atoms with E-state index in [0.717, 1.165) is 17.2 Å². The van der Waals surface area contributed by atoms with Gasteiger partial charge in [-0.2, -0.15) is 0 Å². The predicted molar refractivity (Wildman–Crippen MR) is 54.3 cm³/mol. The number of aldehydes is 1. The molecular formula is C10H7NO3Se. The van der Waals surface area contributed by atoms with Crippen LogP contribution in [-0.2, 0) is 7.67 Å². The maximum atomic E-state index is 10.4. The van der Waals surface area contributed by atoms with Crippen LogP contribution >= 0.6 is 0 Å². The van der Waals surface area contributed by atoms with Gasteiger partial charge in [0.05, 0.1) is 5.52 Å². The molecule has 0 aliphatic heterocycles. The van der Waals surface area contributed by atoms with Gasteiger partial charge in [-0.25, -0.2) is 0 Å². The van der Waals surface area contributed by atoms with Crippen molar-refractivity contribution in [3.8, 4) is 0 Å². The fourth-order valence-corrected chi connectivity index (χ4v) is 1.17. The Morgan fingerprint density at radius 3 is 2.60 bits per heavy atom. The molecule has 15 heavy (non-hydrogen) atoms. The first kappa shape index (κ1) is 11.5. The summed E-state index contributed by atoms with van der Waals surface area (Å²) in [7, 11) is 0. The molecule has 0 aliphatic carbocycles. The summed E-state index contributed by atoms with van der Waals surface area (Å²) in [4.78, 5) is 14.6. The molecule has 0 N–H and O–H groups in total. The van der Waals surface area contributed by atoms with Crippen LogP contribution in [-0.4, -0.2) is 26.1 Å². The summed E-state index contributed by atoms with van der Waals surface area (Å²) in [5, 5.41) is 1.00. The molecule has 1 aromatic carbocycles. The van der Waals surface area contributed by atoms with Gasteiger partial charge in [0.15, 0.2) is 0 Å². The topological polar surface area (TPSA) is 64.1 Å². The molecule has 2 aromatic rings. The van der Waals surface area contributed by atoms with Gasteiger partial charge in [0.2, 0.25) is 0 Å². The molecule has 0 bridgehead atoms. The molecule has 5 heteroatoms. The van der Waals surface area contributed by atoms with Crippen LogP contribution < -0.4 is 0 Å². The van der Waals surface area contributed by atoms with Gasteiger partial charge in [-0.15, -0.1) is 0 Å². The number of nitrogens with zero attached hydrogens (tertiary/aromatic N) is 1. The van der Waals surface area contributed by atoms with Crippen LogP contribution in [0, 0.1) is 0 Å². The average Bonchev–Trinajstić information content (AvgIpc) is 2.29. The first-order valence-electron chi connectivity index (χ1n) is 4.03. The molecule has 1 heterocycles. The third-order valence-electron chi connectivity index (χ3n) is 1.76. The molecular weight excluding hydrogens is 261 g/mol. The molecule has 0 saturated carbocycles. The fraction of sp³-hybridized carbons (Fsp3) is 0. The van der Waals surface area contributed by atoms with Crippen molar-refractivity contribution in [1.29, 1.82) is 0 Å². The molecule has 0 atom stereocenters. The molecule has 2 rings (SSSR count). The summed E-state index contributed by atoms with van der Waals surface area (Å²) in [6.07, 6.45) is 2.58. The second-order valence-corrected chi connectivity index (χ2v) is 2.93. The molecule has 1 aromatic heterocycles. The van der Waals surface area contributed by atoms with Gasteiger partial charge in [0, 0.05) is 17.1 Å². The zero-order chi connectivity index (χ0) is 11.1. The zero-order valence-corrected chi connectivity index (χ0v) is 9.33. The first-order valence-corrected chi connectivity index (χ1v) is 5.43. The molecule has 4 nitrogen and oxygen atoms in total. The van der Waals surface area contributed by atoms with Crippen LogP contribution in [0.1, 0.15) is 10.4 Å². The number of aromatic nitrogens is 1. The molecule has 0 spiro atoms. The number of hydrogen-bond donors (Lipinski definition) is 0. The third kappa shape index (κ3) is 3.23. The molecule has 0 saturated heterocycles. The number of benzene rings is 1. The summed E-state index contributed by atoms with van der Waals surface area (Å²) < 4.78 is 16.9. The van der Waals surface area contributed by atoms with E-state index in [-0.39, 0.29) is 0 Å². The Morgan fingerprint density at radius 2 is 1.93 bits per heavy atom. The SMILES string of the molecule is O=Cc1ccc2ncccc2c1.O=[Se]=O. The number of pyridine rings is 1. The van der Waals surface area contributed by atoms with Gasteiger partial charge in [0.1, 0.15) is 6.29 Å². The summed E-state index contributed by atoms with van der Waals surface area (Å²) in [6, 6.07) is 9.24. The third-order valence-corrected chi connectivity index (χ3v) is 1.76. The maximum absolute atomic E-state index is 10.4. The van der Waals surface area contributed by atoms with E-state index >= 15 is 0 Å². The molecule has 0 radical (unpaired) electrons. The van der Waals surface area contributed by atoms with Gasteiger partial charge in [-0.1, -0.05) is 6.07 Å². The van der Waals surface area contributed by atoms with Gasteiger partial charge < -0.3 is 0 Å². The van der Waals surface area contributed by atoms with Crippen molar-refractivity contribution in [2.75, 3.05) is 0 Å². The molecule has 76 valence electrons. The van der Waals surface area contributed by atoms with Crippen LogP contribution in [0.25, 0.3) is 10.9 Å². The van der Waals surface area contributed by atoms with Crippen LogP contribution in [0.2, 0.25) is 0 Å². The van der Waals surface area contributed by atoms with E-state index in [1.165, 1.54) is 0 Å². The molecule has 0 fully saturated rings. The van der Waals surface area contributed by atoms with E-state index in [4.69, 9.17) is 7.67 Å². The van der Waals surface area contributed by atoms with Crippen LogP contribution in [0.4, 0.5) is 0 Å². The minimum absolute atomic E-state index is 0.690. The molecule has 0 unspecified atom stereocenters. The normalized spacial score (nSPS) is 8.80. The van der Waals surface area contributed by atoms with Gasteiger partial charge in [-0.05, 0) is 24.3 Å². The van der Waals surface area contributed by atoms with Crippen LogP contribution in [0.15, 0.2) is 36.5 Å². The summed E-state index contributed by atoms with van der Waals surface area (Å²) >= 11 is -1.62. The van der Waals surface area contributed by atoms with Crippen molar-refractivity contribution in [2.45, 2.75) is 0 Å². The Labute approximate surface area is 91.9 Å². The van der Waals surface area contributed by atoms with Crippen molar-refractivity contribution in [3.63, 3.8) is 0 Å². The van der Waals surface area contributed by atoms with Gasteiger partial charge >= 0.3 is 22.5 Å². The van der Waals surface area contributed by atoms with Crippen molar-refractivity contribution in [3.05, 3.63) is 42.1 Å². The summed E-state index contributed by atoms with van der Waals surface area (Å²) in [5.41, 5.74) is 1.61. The minimum atomic E-state index is -1.62. The number of rotatable bonds is 1. The van der Waals surface area contributed by atoms with Crippen molar-refractivity contribution in [1.82, 2.24) is 4.98 Å². The van der Waals surface area contributed by atoms with Gasteiger partial charge in [0.25, 0.3) is 0 Å². The molecule has 0 aliphatic rings. The van der Waals surface area contributed by atoms with E-state index in [2.05, 4.69) is 4.98 Å². The standard InChI is InChI=1S/C10H7NO.O2Se/c12-7-8-3-4-10-9(6-8)2-1-5-11-10;1-3-2/h1-7H;. The number of hydrogen-bond acceptors (Lipinski definition) is 4. The Kier molecular flexibility index (Phi) is 4.60. The second-order valence-electron chi connectivity index (χ2n) is 2.64. The number of fused-ring (bicyclic) bond motifs is 1. The predicted octanol–water partition coefficient (Wildman–Crippen LogP) is 1.43. The van der Waals surface area contributed by atoms with Gasteiger partial charge in [-0.3, -0.25) is 9.78 Å². The van der Waals surface area contributed by atoms with E-state index in [0.29, 0.717) is 5.56 Å². The number of carbonyl (C=O) groups excluding carboxylic acids is 1. The Morgan fingerprint density at radius 1 is 1.20 bits per heavy atom. The van der Waals surface area contributed by atoms with E-state index in [1.807, 2.05) is 24.3 Å². The quantitative estimate of drug-likeness (QED) is 0.579. The van der Waals surface area contributed by atoms with Crippen LogP contribution in [0.5, 0.6) is 0 Å². The number of carbonyl (C=O) groups is 1. The average molecular weight is 268 g/mol. The zero-order valence-electron chi connectivity index (χ0n) is 7.62. The fourth-order valence-electron chi connectivity index (χ4n) is 1.17. The van der Waals surface area contributed by atoms with E-state index < -0.39 is 14.8 Å². The Hall–Kier alpha value is -1.58. The molecule has 0 amide bonds. The monoisotopic (exact) mass is 269 g/mol. The van der Waals surface area contributed by atoms with Crippen molar-refractivity contribution in [2.24, 2.45) is 0 Å². The summed E-state index contributed by atoms with van der Waals surface area (Å²) in [6.45, 7) is 0. The van der Waals surface area contributed by atoms with Crippen LogP contribution in [0.3, 0.4) is 0 Å². The first-order chi connectivity index (χ1) is 7.31.